The predicted octanol–water partition coefficient (Wildman–Crippen LogP) is 13.0. The van der Waals surface area contributed by atoms with E-state index in [-0.39, 0.29) is 58.6 Å². The second-order valence-electron chi connectivity index (χ2n) is 11.5. The largest absolute Gasteiger partial charge is 0.0636 e. The highest BCUT2D eigenvalue weighted by Crippen LogP contribution is 2.47. The molecule has 0 heterocycles. The van der Waals surface area contributed by atoms with E-state index in [1.165, 1.54) is 0 Å². The summed E-state index contributed by atoms with van der Waals surface area (Å²) in [5.74, 6) is 0. The fourth-order valence-corrected chi connectivity index (χ4v) is 6.87. The minimum absolute atomic E-state index is 0.0193. The fraction of sp³-hybridized carbons (Fsp3) is 0. The van der Waals surface area contributed by atoms with Crippen LogP contribution in [0.4, 0.5) is 0 Å². The molecule has 0 heteroatoms. The van der Waals surface area contributed by atoms with Crippen LogP contribution in [-0.2, 0) is 0 Å². The Bertz CT molecular complexity index is 2940. The molecule has 214 valence electrons. The van der Waals surface area contributed by atoms with Crippen LogP contribution >= 0.6 is 0 Å². The van der Waals surface area contributed by atoms with Gasteiger partial charge < -0.3 is 0 Å². The van der Waals surface area contributed by atoms with Gasteiger partial charge in [-0.3, -0.25) is 0 Å². The summed E-state index contributed by atoms with van der Waals surface area (Å²) in [6.45, 7) is 0. The summed E-state index contributed by atoms with van der Waals surface area (Å²) in [4.78, 5) is 0. The number of benzene rings is 9. The van der Waals surface area contributed by atoms with Crippen LogP contribution in [0.3, 0.4) is 0 Å². The zero-order chi connectivity index (χ0) is 36.5. The molecule has 0 aliphatic carbocycles. The molecule has 9 aromatic carbocycles. The van der Waals surface area contributed by atoms with Crippen molar-refractivity contribution in [1.29, 1.82) is 0 Å². The number of hydrogen-bond donors (Lipinski definition) is 0. The van der Waals surface area contributed by atoms with Crippen molar-refractivity contribution in [2.45, 2.75) is 0 Å². The van der Waals surface area contributed by atoms with E-state index >= 15 is 0 Å². The summed E-state index contributed by atoms with van der Waals surface area (Å²) < 4.78 is 66.2. The normalized spacial score (nSPS) is 13.6. The standard InChI is InChI=1S/C46H30/c1-3-14-32(15-4-1)37-25-12-20-34-21-13-26-38(44(34)37)35-28-29-42-43(30-35)46(39-27-11-19-31-16-7-8-22-36(31)39)41-24-10-9-23-40(41)45(42)33-17-5-2-6-18-33/h1-30H/i9D,10D,23D,24D,28D,29D,30D. The maximum Gasteiger partial charge on any atom is 0.0636 e. The Morgan fingerprint density at radius 2 is 0.870 bits per heavy atom. The van der Waals surface area contributed by atoms with E-state index in [4.69, 9.17) is 2.74 Å². The fourth-order valence-electron chi connectivity index (χ4n) is 6.87. The SMILES string of the molecule is [2H]c1c([2H])c([2H])c2c(-c3cccc4ccccc34)c3c([2H])c(-c4cccc5cccc(-c6ccccc6)c45)c([2H])c([2H])c3c(-c3ccccc3)c2c1[2H]. The quantitative estimate of drug-likeness (QED) is 0.179. The van der Waals surface area contributed by atoms with Gasteiger partial charge in [0, 0.05) is 0 Å². The van der Waals surface area contributed by atoms with Gasteiger partial charge in [0.1, 0.15) is 0 Å². The average molecular weight is 590 g/mol. The lowest BCUT2D eigenvalue weighted by molar-refractivity contribution is 1.63. The summed E-state index contributed by atoms with van der Waals surface area (Å²) in [5.41, 5.74) is 5.03. The van der Waals surface area contributed by atoms with Gasteiger partial charge in [-0.05, 0) is 93.6 Å². The molecule has 9 aromatic rings. The Morgan fingerprint density at radius 3 is 1.61 bits per heavy atom. The third-order valence-electron chi connectivity index (χ3n) is 8.88. The topological polar surface area (TPSA) is 0 Å². The van der Waals surface area contributed by atoms with Crippen molar-refractivity contribution in [2.75, 3.05) is 0 Å². The molecule has 0 saturated carbocycles. The average Bonchev–Trinajstić information content (AvgIpc) is 3.20. The van der Waals surface area contributed by atoms with Gasteiger partial charge in [0.15, 0.2) is 0 Å². The van der Waals surface area contributed by atoms with Crippen molar-refractivity contribution < 1.29 is 9.60 Å². The van der Waals surface area contributed by atoms with Crippen molar-refractivity contribution in [3.63, 3.8) is 0 Å². The van der Waals surface area contributed by atoms with Crippen LogP contribution in [0.25, 0.3) is 87.6 Å². The Kier molecular flexibility index (Phi) is 4.76. The second-order valence-corrected chi connectivity index (χ2v) is 11.5. The predicted molar refractivity (Wildman–Crippen MR) is 198 cm³/mol. The molecular weight excluding hydrogens is 553 g/mol. The highest BCUT2D eigenvalue weighted by molar-refractivity contribution is 6.24. The van der Waals surface area contributed by atoms with Gasteiger partial charge in [0.25, 0.3) is 0 Å². The minimum Gasteiger partial charge on any atom is -0.0622 e. The van der Waals surface area contributed by atoms with Gasteiger partial charge in [-0.1, -0.05) is 176 Å². The third kappa shape index (κ3) is 4.23. The van der Waals surface area contributed by atoms with Gasteiger partial charge in [-0.2, -0.15) is 0 Å². The maximum absolute atomic E-state index is 10.2. The van der Waals surface area contributed by atoms with E-state index in [9.17, 15) is 6.85 Å². The molecule has 46 heavy (non-hydrogen) atoms. The molecule has 0 spiro atoms. The molecular formula is C46H30. The van der Waals surface area contributed by atoms with Crippen LogP contribution in [0.2, 0.25) is 0 Å². The van der Waals surface area contributed by atoms with Crippen LogP contribution < -0.4 is 0 Å². The Balaban J connectivity index is 1.58. The molecule has 0 fully saturated rings. The van der Waals surface area contributed by atoms with E-state index in [0.29, 0.717) is 38.6 Å². The van der Waals surface area contributed by atoms with Crippen LogP contribution in [0.1, 0.15) is 9.60 Å². The Hall–Kier alpha value is -5.98. The monoisotopic (exact) mass is 589 g/mol. The zero-order valence-corrected chi connectivity index (χ0v) is 24.8. The highest BCUT2D eigenvalue weighted by atomic mass is 14.2. The van der Waals surface area contributed by atoms with Gasteiger partial charge in [0.2, 0.25) is 0 Å². The van der Waals surface area contributed by atoms with Gasteiger partial charge in [-0.25, -0.2) is 0 Å². The van der Waals surface area contributed by atoms with Gasteiger partial charge in [0.05, 0.1) is 9.60 Å². The van der Waals surface area contributed by atoms with E-state index in [0.717, 1.165) is 32.7 Å². The van der Waals surface area contributed by atoms with E-state index in [1.807, 2.05) is 140 Å². The first kappa shape index (κ1) is 20.1. The summed E-state index contributed by atoms with van der Waals surface area (Å²) in [6, 6.07) is 43.4. The third-order valence-corrected chi connectivity index (χ3v) is 8.88. The molecule has 9 rings (SSSR count). The lowest BCUT2D eigenvalue weighted by atomic mass is 9.83. The molecule has 0 bridgehead atoms. The van der Waals surface area contributed by atoms with Crippen LogP contribution in [0.15, 0.2) is 182 Å². The molecule has 0 N–H and O–H groups in total. The van der Waals surface area contributed by atoms with Crippen LogP contribution in [0, 0.1) is 0 Å². The maximum atomic E-state index is 10.2. The first-order valence-electron chi connectivity index (χ1n) is 18.9. The smallest absolute Gasteiger partial charge is 0.0622 e. The lowest BCUT2D eigenvalue weighted by Crippen LogP contribution is -1.93. The summed E-state index contributed by atoms with van der Waals surface area (Å²) >= 11 is 0. The van der Waals surface area contributed by atoms with E-state index in [2.05, 4.69) is 0 Å². The zero-order valence-electron chi connectivity index (χ0n) is 31.8. The molecule has 0 atom stereocenters. The highest BCUT2D eigenvalue weighted by Gasteiger charge is 2.19. The summed E-state index contributed by atoms with van der Waals surface area (Å²) in [5, 5.41) is 4.77. The number of fused-ring (bicyclic) bond motifs is 4. The van der Waals surface area contributed by atoms with Gasteiger partial charge >= 0.3 is 0 Å². The van der Waals surface area contributed by atoms with E-state index < -0.39 is 0 Å². The van der Waals surface area contributed by atoms with Crippen molar-refractivity contribution in [3.8, 4) is 44.5 Å². The van der Waals surface area contributed by atoms with Crippen molar-refractivity contribution >= 4 is 43.1 Å². The van der Waals surface area contributed by atoms with Crippen LogP contribution in [0.5, 0.6) is 0 Å². The first-order valence-corrected chi connectivity index (χ1v) is 15.4. The number of hydrogen-bond acceptors (Lipinski definition) is 0. The Labute approximate surface area is 278 Å². The van der Waals surface area contributed by atoms with Crippen molar-refractivity contribution in [1.82, 2.24) is 0 Å². The molecule has 0 saturated heterocycles. The minimum atomic E-state index is -0.382. The van der Waals surface area contributed by atoms with Crippen molar-refractivity contribution in [2.24, 2.45) is 0 Å². The molecule has 0 unspecified atom stereocenters. The molecule has 0 aliphatic heterocycles. The van der Waals surface area contributed by atoms with Crippen LogP contribution in [-0.4, -0.2) is 0 Å². The Morgan fingerprint density at radius 1 is 0.326 bits per heavy atom. The van der Waals surface area contributed by atoms with E-state index in [1.54, 1.807) is 0 Å². The molecule has 0 radical (unpaired) electrons. The van der Waals surface area contributed by atoms with Crippen molar-refractivity contribution in [3.05, 3.63) is 182 Å². The summed E-state index contributed by atoms with van der Waals surface area (Å²) in [7, 11) is 0. The molecule has 0 aliphatic rings. The second kappa shape index (κ2) is 10.9. The lowest BCUT2D eigenvalue weighted by Gasteiger charge is -2.20. The molecule has 0 amide bonds. The molecule has 0 aromatic heterocycles. The summed E-state index contributed by atoms with van der Waals surface area (Å²) in [6.07, 6.45) is 0. The first-order chi connectivity index (χ1) is 25.8. The molecule has 0 nitrogen and oxygen atoms in total. The van der Waals surface area contributed by atoms with Gasteiger partial charge in [-0.15, -0.1) is 0 Å². The number of rotatable bonds is 4.